The Kier molecular flexibility index (Phi) is 19.3. The average Bonchev–Trinajstić information content (AvgIpc) is 1.76. The highest BCUT2D eigenvalue weighted by Crippen LogP contribution is 2.45. The number of hydrogen-bond acceptors (Lipinski definition) is 13. The molecule has 1 saturated heterocycles. The van der Waals surface area contributed by atoms with Crippen LogP contribution in [0.5, 0.6) is 5.75 Å². The fourth-order valence-corrected chi connectivity index (χ4v) is 14.8. The molecular formula is C84H65N5O8S2. The molecule has 0 aliphatic carbocycles. The third-order valence-electron chi connectivity index (χ3n) is 17.6. The van der Waals surface area contributed by atoms with E-state index in [-0.39, 0.29) is 29.5 Å². The molecule has 0 bridgehead atoms. The van der Waals surface area contributed by atoms with Crippen LogP contribution in [0.3, 0.4) is 0 Å². The first-order valence-electron chi connectivity index (χ1n) is 32.4. The highest BCUT2D eigenvalue weighted by atomic mass is 32.2. The molecule has 11 aromatic carbocycles. The molecule has 0 spiro atoms. The number of thiazole rings is 1. The molecule has 0 radical (unpaired) electrons. The second-order valence-electron chi connectivity index (χ2n) is 23.7. The van der Waals surface area contributed by atoms with Crippen molar-refractivity contribution in [2.75, 3.05) is 17.7 Å². The van der Waals surface area contributed by atoms with E-state index in [1.807, 2.05) is 267 Å². The van der Waals surface area contributed by atoms with Gasteiger partial charge in [0.05, 0.1) is 5.56 Å². The summed E-state index contributed by atoms with van der Waals surface area (Å²) in [6.45, 7) is -0.138. The van der Waals surface area contributed by atoms with Gasteiger partial charge < -0.3 is 29.7 Å². The minimum absolute atomic E-state index is 0.0104. The van der Waals surface area contributed by atoms with Gasteiger partial charge in [0.1, 0.15) is 40.7 Å². The molecule has 486 valence electrons. The number of nitrogens with one attached hydrogen (secondary N) is 2. The molecule has 2 N–H and O–H groups in total. The van der Waals surface area contributed by atoms with Gasteiger partial charge >= 0.3 is 11.9 Å². The first kappa shape index (κ1) is 64.4. The van der Waals surface area contributed by atoms with Crippen molar-refractivity contribution in [2.24, 2.45) is 5.16 Å². The highest BCUT2D eigenvalue weighted by Gasteiger charge is 2.55. The average molecular weight is 1340 g/mol. The number of carbonyl (C=O) groups excluding carboxylic acids is 4. The summed E-state index contributed by atoms with van der Waals surface area (Å²) in [5.74, 6) is -2.04. The van der Waals surface area contributed by atoms with Gasteiger partial charge in [0.2, 0.25) is 5.60 Å². The molecule has 2 aliphatic heterocycles. The van der Waals surface area contributed by atoms with Crippen molar-refractivity contribution in [1.29, 1.82) is 0 Å². The van der Waals surface area contributed by atoms with Gasteiger partial charge in [0.15, 0.2) is 23.1 Å². The van der Waals surface area contributed by atoms with Crippen molar-refractivity contribution in [1.82, 2.24) is 15.2 Å². The van der Waals surface area contributed by atoms with Gasteiger partial charge in [0, 0.05) is 33.4 Å². The molecular weight excluding hydrogens is 1270 g/mol. The minimum Gasteiger partial charge on any atom is -0.489 e. The highest BCUT2D eigenvalue weighted by molar-refractivity contribution is 8.00. The molecule has 1 aromatic heterocycles. The molecule has 13 nitrogen and oxygen atoms in total. The lowest BCUT2D eigenvalue weighted by Crippen LogP contribution is -2.71. The zero-order valence-corrected chi connectivity index (χ0v) is 55.0. The fourth-order valence-electron chi connectivity index (χ4n) is 12.7. The number of ether oxygens (including phenoxy) is 3. The van der Waals surface area contributed by atoms with Crippen LogP contribution < -0.4 is 15.4 Å². The number of carbonyl (C=O) groups is 4. The third-order valence-corrected chi connectivity index (χ3v) is 19.7. The number of esters is 2. The van der Waals surface area contributed by atoms with Gasteiger partial charge in [-0.2, -0.15) is 0 Å². The number of amides is 2. The third kappa shape index (κ3) is 13.5. The van der Waals surface area contributed by atoms with Crippen molar-refractivity contribution < 1.29 is 38.2 Å². The molecule has 1 fully saturated rings. The first-order chi connectivity index (χ1) is 48.7. The number of nitrogens with zero attached hydrogens (tertiary/aromatic N) is 3. The maximum atomic E-state index is 15.8. The number of benzene rings is 11. The fraction of sp³-hybridized carbons (Fsp3) is 0.0952. The summed E-state index contributed by atoms with van der Waals surface area (Å²) < 4.78 is 19.2. The Hall–Kier alpha value is -11.9. The summed E-state index contributed by atoms with van der Waals surface area (Å²) in [6.07, 6.45) is -1.51. The number of β-lactam (4-membered cyclic amide) rings is 1. The molecule has 2 aliphatic rings. The van der Waals surface area contributed by atoms with Crippen LogP contribution in [0.1, 0.15) is 83.9 Å². The normalized spacial score (nSPS) is 14.5. The quantitative estimate of drug-likeness (QED) is 0.0195. The van der Waals surface area contributed by atoms with E-state index in [1.165, 1.54) is 28.0 Å². The molecule has 12 aromatic rings. The minimum atomic E-state index is -1.42. The maximum absolute atomic E-state index is 15.8. The monoisotopic (exact) mass is 1340 g/mol. The van der Waals surface area contributed by atoms with E-state index in [0.29, 0.717) is 33.1 Å². The van der Waals surface area contributed by atoms with E-state index >= 15 is 14.4 Å². The summed E-state index contributed by atoms with van der Waals surface area (Å²) >= 11 is 2.65. The largest absolute Gasteiger partial charge is 0.489 e. The summed E-state index contributed by atoms with van der Waals surface area (Å²) in [5, 5.41) is 13.3. The van der Waals surface area contributed by atoms with E-state index in [9.17, 15) is 4.79 Å². The van der Waals surface area contributed by atoms with Gasteiger partial charge in [-0.25, -0.2) is 14.6 Å². The van der Waals surface area contributed by atoms with Gasteiger partial charge in [0.25, 0.3) is 11.8 Å². The van der Waals surface area contributed by atoms with E-state index in [1.54, 1.807) is 29.6 Å². The Morgan fingerprint density at radius 1 is 0.495 bits per heavy atom. The molecule has 3 heterocycles. The number of oxime groups is 1. The standard InChI is InChI=1S/C84H65N5O8S2/c90-77(72(88-97-84(67-45-25-8-26-46-67,68-47-27-9-28-48-68)69-49-29-10-30-50-69)71-57-99-82(85-71)87-83(64-39-19-5-20-40-64,65-41-21-6-22-42-65)66-43-23-7-24-44-66)86-73-78(91)89-74(81(93)96-76(60-35-15-3-16-36-60)61-37-17-4-18-38-61)63(56-98-79(73)89)55-94-70-53-51-62(52-54-70)80(92)95-75(58-31-11-1-12-32-58)59-33-13-2-14-34-59/h1-54,57,73,75-76,79H,55-56H2,(H,85,87)(H,86,90)/t73?,79-/m0/s1. The van der Waals surface area contributed by atoms with Crippen LogP contribution >= 0.6 is 23.1 Å². The van der Waals surface area contributed by atoms with Crippen LogP contribution in [-0.2, 0) is 39.8 Å². The number of anilines is 1. The summed E-state index contributed by atoms with van der Waals surface area (Å²) in [7, 11) is 0. The predicted octanol–water partition coefficient (Wildman–Crippen LogP) is 16.3. The topological polar surface area (TPSA) is 158 Å². The Bertz CT molecular complexity index is 4520. The van der Waals surface area contributed by atoms with E-state index in [4.69, 9.17) is 29.2 Å². The lowest BCUT2D eigenvalue weighted by molar-refractivity contribution is -0.154. The smallest absolute Gasteiger partial charge is 0.356 e. The molecule has 2 amide bonds. The molecule has 2 atom stereocenters. The van der Waals surface area contributed by atoms with Crippen LogP contribution in [-0.4, -0.2) is 63.1 Å². The number of thioether (sulfide) groups is 1. The Morgan fingerprint density at radius 2 is 0.879 bits per heavy atom. The summed E-state index contributed by atoms with van der Waals surface area (Å²) in [6, 6.07) is 103. The van der Waals surface area contributed by atoms with Crippen LogP contribution in [0.4, 0.5) is 5.13 Å². The zero-order chi connectivity index (χ0) is 67.4. The Morgan fingerprint density at radius 3 is 1.29 bits per heavy atom. The Balaban J connectivity index is 0.806. The SMILES string of the molecule is O=C(NC1C(=O)N2C(C(=O)OC(c3ccccc3)c3ccccc3)=C(COc3ccc(C(=O)OC(c4ccccc4)c4ccccc4)cc3)CS[C@@H]12)C(=NOC(c1ccccc1)(c1ccccc1)c1ccccc1)c1csc(NC(c2ccccc2)(c2ccccc2)c2ccccc2)n1. The Labute approximate surface area is 582 Å². The van der Waals surface area contributed by atoms with Crippen molar-refractivity contribution in [3.8, 4) is 5.75 Å². The summed E-state index contributed by atoms with van der Waals surface area (Å²) in [5.41, 5.74) is 6.40. The molecule has 99 heavy (non-hydrogen) atoms. The van der Waals surface area contributed by atoms with Crippen molar-refractivity contribution in [3.05, 3.63) is 411 Å². The number of aromatic nitrogens is 1. The maximum Gasteiger partial charge on any atom is 0.356 e. The predicted molar refractivity (Wildman–Crippen MR) is 387 cm³/mol. The lowest BCUT2D eigenvalue weighted by Gasteiger charge is -2.49. The summed E-state index contributed by atoms with van der Waals surface area (Å²) in [4.78, 5) is 74.0. The van der Waals surface area contributed by atoms with Crippen LogP contribution in [0.2, 0.25) is 0 Å². The van der Waals surface area contributed by atoms with Crippen LogP contribution in [0, 0.1) is 0 Å². The van der Waals surface area contributed by atoms with Crippen molar-refractivity contribution in [3.63, 3.8) is 0 Å². The number of rotatable bonds is 24. The second kappa shape index (κ2) is 29.6. The second-order valence-corrected chi connectivity index (χ2v) is 25.6. The molecule has 1 unspecified atom stereocenters. The number of fused-ring (bicyclic) bond motifs is 1. The van der Waals surface area contributed by atoms with Crippen molar-refractivity contribution in [2.45, 2.75) is 34.8 Å². The first-order valence-corrected chi connectivity index (χ1v) is 34.3. The van der Waals surface area contributed by atoms with Gasteiger partial charge in [-0.15, -0.1) is 23.1 Å². The molecule has 14 rings (SSSR count). The van der Waals surface area contributed by atoms with E-state index in [0.717, 1.165) is 44.5 Å². The lowest BCUT2D eigenvalue weighted by atomic mass is 9.77. The van der Waals surface area contributed by atoms with Gasteiger partial charge in [-0.3, -0.25) is 14.5 Å². The van der Waals surface area contributed by atoms with Crippen molar-refractivity contribution >= 4 is 57.7 Å². The number of hydrogen-bond donors (Lipinski definition) is 2. The van der Waals surface area contributed by atoms with Crippen LogP contribution in [0.15, 0.2) is 349 Å². The van der Waals surface area contributed by atoms with E-state index in [2.05, 4.69) is 47.0 Å². The molecule has 0 saturated carbocycles. The van der Waals surface area contributed by atoms with Gasteiger partial charge in [-0.05, 0) is 63.2 Å². The zero-order valence-electron chi connectivity index (χ0n) is 53.4. The van der Waals surface area contributed by atoms with E-state index < -0.39 is 58.5 Å². The van der Waals surface area contributed by atoms with Gasteiger partial charge in [-0.1, -0.05) is 308 Å². The van der Waals surface area contributed by atoms with Crippen LogP contribution in [0.25, 0.3) is 0 Å². The molecule has 15 heteroatoms.